The highest BCUT2D eigenvalue weighted by atomic mass is 15.2. The molecule has 116 valence electrons. The minimum Gasteiger partial charge on any atom is -0.358 e. The van der Waals surface area contributed by atoms with Gasteiger partial charge < -0.3 is 15.2 Å². The summed E-state index contributed by atoms with van der Waals surface area (Å²) in [5.41, 5.74) is 4.54. The van der Waals surface area contributed by atoms with Crippen LogP contribution < -0.4 is 10.2 Å². The number of piperidine rings is 2. The van der Waals surface area contributed by atoms with Gasteiger partial charge in [-0.05, 0) is 50.1 Å². The van der Waals surface area contributed by atoms with Gasteiger partial charge in [-0.1, -0.05) is 24.6 Å². The number of rotatable bonds is 2. The zero-order valence-corrected chi connectivity index (χ0v) is 13.2. The average Bonchev–Trinajstić information content (AvgIpc) is 3.00. The van der Waals surface area contributed by atoms with Crippen molar-refractivity contribution < 1.29 is 0 Å². The first-order chi connectivity index (χ1) is 10.9. The molecule has 2 saturated heterocycles. The largest absolute Gasteiger partial charge is 0.358 e. The average molecular weight is 295 g/mol. The number of nitrogens with one attached hydrogen (secondary N) is 2. The van der Waals surface area contributed by atoms with E-state index in [1.54, 1.807) is 5.56 Å². The van der Waals surface area contributed by atoms with Gasteiger partial charge in [-0.2, -0.15) is 0 Å². The number of anilines is 1. The predicted molar refractivity (Wildman–Crippen MR) is 91.8 cm³/mol. The summed E-state index contributed by atoms with van der Waals surface area (Å²) in [6, 6.07) is 7.60. The van der Waals surface area contributed by atoms with Crippen LogP contribution in [-0.2, 0) is 6.42 Å². The van der Waals surface area contributed by atoms with Gasteiger partial charge in [0.15, 0.2) is 0 Å². The third-order valence-electron chi connectivity index (χ3n) is 6.04. The van der Waals surface area contributed by atoms with Gasteiger partial charge in [0.05, 0.1) is 5.52 Å². The molecule has 1 aromatic heterocycles. The zero-order chi connectivity index (χ0) is 14.5. The SMILES string of the molecule is c1cc(CC2CCCCN2)c2[nH]c3c(c2c1)C1CCN3CC1. The molecule has 0 spiro atoms. The number of benzene rings is 1. The van der Waals surface area contributed by atoms with Crippen molar-refractivity contribution >= 4 is 16.7 Å². The summed E-state index contributed by atoms with van der Waals surface area (Å²) >= 11 is 0. The molecular weight excluding hydrogens is 270 g/mol. The topological polar surface area (TPSA) is 31.1 Å². The molecule has 4 aliphatic rings. The zero-order valence-electron chi connectivity index (χ0n) is 13.2. The van der Waals surface area contributed by atoms with Crippen LogP contribution in [0.5, 0.6) is 0 Å². The first kappa shape index (κ1) is 13.0. The number of hydrogen-bond donors (Lipinski definition) is 2. The van der Waals surface area contributed by atoms with Crippen molar-refractivity contribution in [2.75, 3.05) is 24.5 Å². The fourth-order valence-electron chi connectivity index (χ4n) is 4.87. The van der Waals surface area contributed by atoms with Gasteiger partial charge in [-0.25, -0.2) is 0 Å². The van der Waals surface area contributed by atoms with Crippen molar-refractivity contribution in [3.05, 3.63) is 29.3 Å². The van der Waals surface area contributed by atoms with E-state index in [0.717, 1.165) is 5.92 Å². The Morgan fingerprint density at radius 2 is 2.00 bits per heavy atom. The highest BCUT2D eigenvalue weighted by molar-refractivity contribution is 5.93. The Balaban J connectivity index is 1.57. The smallest absolute Gasteiger partial charge is 0.110 e. The van der Waals surface area contributed by atoms with Gasteiger partial charge in [-0.15, -0.1) is 0 Å². The molecule has 2 aromatic rings. The Morgan fingerprint density at radius 3 is 2.82 bits per heavy atom. The molecule has 4 aliphatic heterocycles. The fourth-order valence-corrected chi connectivity index (χ4v) is 4.87. The first-order valence-electron chi connectivity index (χ1n) is 9.02. The molecule has 0 saturated carbocycles. The van der Waals surface area contributed by atoms with E-state index in [9.17, 15) is 0 Å². The second-order valence-corrected chi connectivity index (χ2v) is 7.34. The summed E-state index contributed by atoms with van der Waals surface area (Å²) in [6.07, 6.45) is 7.90. The number of H-pyrrole nitrogens is 1. The maximum Gasteiger partial charge on any atom is 0.110 e. The van der Waals surface area contributed by atoms with Crippen LogP contribution in [-0.4, -0.2) is 30.7 Å². The van der Waals surface area contributed by atoms with Crippen molar-refractivity contribution in [2.24, 2.45) is 0 Å². The lowest BCUT2D eigenvalue weighted by Gasteiger charge is -2.40. The van der Waals surface area contributed by atoms with E-state index in [-0.39, 0.29) is 0 Å². The molecule has 6 rings (SSSR count). The van der Waals surface area contributed by atoms with Crippen LogP contribution in [0.3, 0.4) is 0 Å². The Hall–Kier alpha value is -1.48. The highest BCUT2D eigenvalue weighted by Gasteiger charge is 2.34. The van der Waals surface area contributed by atoms with Gasteiger partial charge in [0.1, 0.15) is 5.82 Å². The molecule has 0 radical (unpaired) electrons. The minimum absolute atomic E-state index is 0.664. The van der Waals surface area contributed by atoms with E-state index in [1.807, 2.05) is 0 Å². The van der Waals surface area contributed by atoms with Crippen molar-refractivity contribution in [3.8, 4) is 0 Å². The molecule has 0 amide bonds. The Kier molecular flexibility index (Phi) is 2.97. The van der Waals surface area contributed by atoms with Crippen LogP contribution in [0.1, 0.15) is 49.1 Å². The number of nitrogens with zero attached hydrogens (tertiary/aromatic N) is 1. The van der Waals surface area contributed by atoms with Crippen molar-refractivity contribution in [1.29, 1.82) is 0 Å². The second-order valence-electron chi connectivity index (χ2n) is 7.34. The van der Waals surface area contributed by atoms with Gasteiger partial charge in [0, 0.05) is 30.1 Å². The van der Waals surface area contributed by atoms with Crippen LogP contribution in [0.4, 0.5) is 5.82 Å². The van der Waals surface area contributed by atoms with E-state index in [4.69, 9.17) is 0 Å². The van der Waals surface area contributed by atoms with Crippen LogP contribution in [0.25, 0.3) is 10.9 Å². The summed E-state index contributed by atoms with van der Waals surface area (Å²) in [7, 11) is 0. The highest BCUT2D eigenvalue weighted by Crippen LogP contribution is 2.46. The van der Waals surface area contributed by atoms with Crippen molar-refractivity contribution in [1.82, 2.24) is 10.3 Å². The summed E-state index contributed by atoms with van der Waals surface area (Å²) in [5.74, 6) is 2.22. The maximum atomic E-state index is 3.80. The fraction of sp³-hybridized carbons (Fsp3) is 0.579. The number of fused-ring (bicyclic) bond motifs is 3. The van der Waals surface area contributed by atoms with Crippen LogP contribution in [0.2, 0.25) is 0 Å². The summed E-state index contributed by atoms with van der Waals surface area (Å²) in [6.45, 7) is 3.67. The molecule has 22 heavy (non-hydrogen) atoms. The van der Waals surface area contributed by atoms with E-state index in [1.165, 1.54) is 80.4 Å². The minimum atomic E-state index is 0.664. The van der Waals surface area contributed by atoms with Crippen molar-refractivity contribution in [3.63, 3.8) is 0 Å². The van der Waals surface area contributed by atoms with Gasteiger partial charge >= 0.3 is 0 Å². The van der Waals surface area contributed by atoms with Gasteiger partial charge in [-0.3, -0.25) is 0 Å². The van der Waals surface area contributed by atoms with E-state index in [2.05, 4.69) is 33.4 Å². The molecule has 2 fully saturated rings. The molecule has 5 heterocycles. The molecule has 1 atom stereocenters. The third-order valence-corrected chi connectivity index (χ3v) is 6.04. The number of para-hydroxylation sites is 1. The number of hydrogen-bond acceptors (Lipinski definition) is 2. The number of aromatic amines is 1. The lowest BCUT2D eigenvalue weighted by molar-refractivity contribution is 0.400. The lowest BCUT2D eigenvalue weighted by atomic mass is 9.84. The monoisotopic (exact) mass is 295 g/mol. The van der Waals surface area contributed by atoms with Crippen LogP contribution >= 0.6 is 0 Å². The Labute approximate surface area is 132 Å². The van der Waals surface area contributed by atoms with E-state index >= 15 is 0 Å². The quantitative estimate of drug-likeness (QED) is 0.888. The standard InChI is InChI=1S/C19H25N3/c1-2-9-20-15(5-1)12-14-4-3-6-16-17-13-7-10-22(11-8-13)19(17)21-18(14)16/h3-4,6,13,15,20-21H,1-2,5,7-12H2. The molecule has 3 heteroatoms. The lowest BCUT2D eigenvalue weighted by Crippen LogP contribution is -2.38. The molecule has 1 aromatic carbocycles. The Bertz CT molecular complexity index is 688. The van der Waals surface area contributed by atoms with E-state index in [0.29, 0.717) is 6.04 Å². The third kappa shape index (κ3) is 1.91. The Morgan fingerprint density at radius 1 is 1.09 bits per heavy atom. The van der Waals surface area contributed by atoms with Crippen molar-refractivity contribution in [2.45, 2.75) is 50.5 Å². The summed E-state index contributed by atoms with van der Waals surface area (Å²) in [5, 5.41) is 5.20. The molecule has 2 bridgehead atoms. The predicted octanol–water partition coefficient (Wildman–Crippen LogP) is 3.55. The summed E-state index contributed by atoms with van der Waals surface area (Å²) < 4.78 is 0. The molecule has 0 aliphatic carbocycles. The first-order valence-corrected chi connectivity index (χ1v) is 9.02. The normalized spacial score (nSPS) is 24.9. The van der Waals surface area contributed by atoms with Gasteiger partial charge in [0.2, 0.25) is 0 Å². The summed E-state index contributed by atoms with van der Waals surface area (Å²) in [4.78, 5) is 6.37. The molecule has 3 nitrogen and oxygen atoms in total. The number of aromatic nitrogens is 1. The molecular formula is C19H25N3. The van der Waals surface area contributed by atoms with Crippen LogP contribution in [0, 0.1) is 0 Å². The van der Waals surface area contributed by atoms with Crippen LogP contribution in [0.15, 0.2) is 18.2 Å². The molecule has 2 N–H and O–H groups in total. The van der Waals surface area contributed by atoms with E-state index < -0.39 is 0 Å². The second kappa shape index (κ2) is 5.02. The maximum absolute atomic E-state index is 3.80. The molecule has 1 unspecified atom stereocenters. The van der Waals surface area contributed by atoms with Gasteiger partial charge in [0.25, 0.3) is 0 Å².